The van der Waals surface area contributed by atoms with Crippen LogP contribution in [0.25, 0.3) is 0 Å². The Morgan fingerprint density at radius 2 is 1.73 bits per heavy atom. The fourth-order valence-electron chi connectivity index (χ4n) is 6.55. The number of cyclic esters (lactones) is 1. The number of hydrogen-bond donors (Lipinski definition) is 4. The van der Waals surface area contributed by atoms with Gasteiger partial charge in [-0.05, 0) is 48.8 Å². The van der Waals surface area contributed by atoms with Crippen LogP contribution in [0.15, 0.2) is 71.8 Å². The van der Waals surface area contributed by atoms with Gasteiger partial charge < -0.3 is 30.1 Å². The summed E-state index contributed by atoms with van der Waals surface area (Å²) in [6.45, 7) is 3.39. The van der Waals surface area contributed by atoms with E-state index in [1.807, 2.05) is 6.92 Å². The van der Waals surface area contributed by atoms with Crippen molar-refractivity contribution in [2.24, 2.45) is 17.3 Å². The second-order valence-electron chi connectivity index (χ2n) is 11.8. The molecule has 9 nitrogen and oxygen atoms in total. The molecule has 1 fully saturated rings. The molecule has 3 aliphatic rings. The van der Waals surface area contributed by atoms with Gasteiger partial charge in [-0.25, -0.2) is 9.59 Å². The predicted octanol–water partition coefficient (Wildman–Crippen LogP) is 2.46. The molecule has 0 saturated heterocycles. The minimum atomic E-state index is -1.77. The van der Waals surface area contributed by atoms with Crippen LogP contribution in [-0.4, -0.2) is 64.2 Å². The molecule has 212 valence electrons. The highest BCUT2D eigenvalue weighted by Gasteiger charge is 2.57. The Labute approximate surface area is 232 Å². The summed E-state index contributed by atoms with van der Waals surface area (Å²) in [5.41, 5.74) is -0.174. The Bertz CT molecular complexity index is 1310. The Morgan fingerprint density at radius 1 is 1.07 bits per heavy atom. The summed E-state index contributed by atoms with van der Waals surface area (Å²) < 4.78 is 11.3. The van der Waals surface area contributed by atoms with Gasteiger partial charge in [0.05, 0.1) is 11.6 Å². The topological polar surface area (TPSA) is 142 Å². The third-order valence-corrected chi connectivity index (χ3v) is 8.68. The summed E-state index contributed by atoms with van der Waals surface area (Å²) in [7, 11) is 0. The van der Waals surface area contributed by atoms with E-state index in [1.54, 1.807) is 67.6 Å². The SMILES string of the molecule is C[C@@]1(CO)C[C@H]2[C@@H](OC(=O)[C@H](O)[C@@H](NC(=O)c3ccccc3)c3ccccc3)C3=C(C[C@](C)(O)[C@H]2C1)C(=O)OC3. The van der Waals surface area contributed by atoms with Crippen LogP contribution >= 0.6 is 0 Å². The van der Waals surface area contributed by atoms with E-state index < -0.39 is 53.0 Å². The molecule has 5 rings (SSSR count). The number of benzene rings is 2. The fourth-order valence-corrected chi connectivity index (χ4v) is 6.55. The zero-order valence-electron chi connectivity index (χ0n) is 22.6. The lowest BCUT2D eigenvalue weighted by molar-refractivity contribution is -0.163. The van der Waals surface area contributed by atoms with E-state index in [1.165, 1.54) is 0 Å². The van der Waals surface area contributed by atoms with Crippen molar-refractivity contribution in [1.82, 2.24) is 5.32 Å². The van der Waals surface area contributed by atoms with Gasteiger partial charge in [0.15, 0.2) is 6.10 Å². The van der Waals surface area contributed by atoms with Gasteiger partial charge in [0.2, 0.25) is 0 Å². The number of amides is 1. The predicted molar refractivity (Wildman–Crippen MR) is 144 cm³/mol. The van der Waals surface area contributed by atoms with Crippen LogP contribution in [0, 0.1) is 17.3 Å². The van der Waals surface area contributed by atoms with Crippen LogP contribution in [0.1, 0.15) is 55.1 Å². The maximum atomic E-state index is 13.6. The molecule has 1 aliphatic heterocycles. The van der Waals surface area contributed by atoms with E-state index in [0.717, 1.165) is 0 Å². The summed E-state index contributed by atoms with van der Waals surface area (Å²) >= 11 is 0. The van der Waals surface area contributed by atoms with Crippen molar-refractivity contribution in [1.29, 1.82) is 0 Å². The van der Waals surface area contributed by atoms with Crippen LogP contribution in [0.3, 0.4) is 0 Å². The Hall–Kier alpha value is -3.53. The van der Waals surface area contributed by atoms with Gasteiger partial charge in [0, 0.05) is 35.7 Å². The quantitative estimate of drug-likeness (QED) is 0.386. The first-order valence-corrected chi connectivity index (χ1v) is 13.5. The van der Waals surface area contributed by atoms with Crippen molar-refractivity contribution in [2.45, 2.75) is 57.0 Å². The number of ether oxygens (including phenoxy) is 2. The molecule has 0 aromatic heterocycles. The van der Waals surface area contributed by atoms with Crippen molar-refractivity contribution < 1.29 is 39.2 Å². The fraction of sp³-hybridized carbons (Fsp3) is 0.452. The normalized spacial score (nSPS) is 30.9. The minimum Gasteiger partial charge on any atom is -0.458 e. The summed E-state index contributed by atoms with van der Waals surface area (Å²) in [5, 5.41) is 35.7. The van der Waals surface area contributed by atoms with Gasteiger partial charge in [0.25, 0.3) is 5.91 Å². The number of fused-ring (bicyclic) bond motifs is 1. The van der Waals surface area contributed by atoms with Crippen LogP contribution in [0.4, 0.5) is 0 Å². The first kappa shape index (κ1) is 28.0. The Balaban J connectivity index is 1.46. The summed E-state index contributed by atoms with van der Waals surface area (Å²) in [6.07, 6.45) is -1.76. The molecule has 0 bridgehead atoms. The molecule has 7 atom stereocenters. The van der Waals surface area contributed by atoms with E-state index in [2.05, 4.69) is 5.32 Å². The largest absolute Gasteiger partial charge is 0.458 e. The number of carbonyl (C=O) groups is 3. The van der Waals surface area contributed by atoms with Gasteiger partial charge in [-0.2, -0.15) is 0 Å². The molecule has 0 unspecified atom stereocenters. The molecule has 1 heterocycles. The molecule has 1 saturated carbocycles. The van der Waals surface area contributed by atoms with Crippen molar-refractivity contribution >= 4 is 17.8 Å². The third-order valence-electron chi connectivity index (χ3n) is 8.68. The van der Waals surface area contributed by atoms with Gasteiger partial charge in [-0.3, -0.25) is 4.79 Å². The van der Waals surface area contributed by atoms with E-state index in [0.29, 0.717) is 29.5 Å². The standard InChI is InChI=1S/C31H35NO8/c1-30(17-33)13-21-23(15-30)31(2,38)14-20-22(16-39-28(20)36)26(21)40-29(37)25(34)24(18-9-5-3-6-10-18)32-27(35)19-11-7-4-8-12-19/h3-12,21,23-26,33-34,38H,13-17H2,1-2H3,(H,32,35)/t21-,23+,24+,25-,26-,30-,31+/m1/s1. The Morgan fingerprint density at radius 3 is 2.38 bits per heavy atom. The lowest BCUT2D eigenvalue weighted by Crippen LogP contribution is -2.45. The highest BCUT2D eigenvalue weighted by Crippen LogP contribution is 2.56. The molecular weight excluding hydrogens is 514 g/mol. The van der Waals surface area contributed by atoms with Gasteiger partial charge in [-0.15, -0.1) is 0 Å². The highest BCUT2D eigenvalue weighted by molar-refractivity contribution is 5.95. The summed E-state index contributed by atoms with van der Waals surface area (Å²) in [6, 6.07) is 16.0. The smallest absolute Gasteiger partial charge is 0.338 e. The lowest BCUT2D eigenvalue weighted by atomic mass is 9.77. The second-order valence-corrected chi connectivity index (χ2v) is 11.8. The lowest BCUT2D eigenvalue weighted by Gasteiger charge is -2.35. The maximum Gasteiger partial charge on any atom is 0.338 e. The summed E-state index contributed by atoms with van der Waals surface area (Å²) in [4.78, 5) is 39.2. The van der Waals surface area contributed by atoms with Crippen LogP contribution in [-0.2, 0) is 19.1 Å². The average molecular weight is 550 g/mol. The molecule has 2 aliphatic carbocycles. The molecule has 2 aromatic rings. The van der Waals surface area contributed by atoms with Gasteiger partial charge >= 0.3 is 11.9 Å². The molecule has 40 heavy (non-hydrogen) atoms. The van der Waals surface area contributed by atoms with Crippen molar-refractivity contribution in [3.05, 3.63) is 82.9 Å². The number of aliphatic hydroxyl groups excluding tert-OH is 2. The molecular formula is C31H35NO8. The minimum absolute atomic E-state index is 0.0419. The highest BCUT2D eigenvalue weighted by atomic mass is 16.6. The van der Waals surface area contributed by atoms with E-state index in [4.69, 9.17) is 9.47 Å². The molecule has 1 amide bonds. The number of rotatable bonds is 7. The Kier molecular flexibility index (Phi) is 7.56. The molecule has 0 spiro atoms. The third kappa shape index (κ3) is 5.29. The number of esters is 2. The summed E-state index contributed by atoms with van der Waals surface area (Å²) in [5.74, 6) is -2.79. The van der Waals surface area contributed by atoms with Crippen molar-refractivity contribution in [3.8, 4) is 0 Å². The average Bonchev–Trinajstić information content (AvgIpc) is 3.48. The first-order valence-electron chi connectivity index (χ1n) is 13.5. The van der Waals surface area contributed by atoms with Gasteiger partial charge in [0.1, 0.15) is 12.7 Å². The number of hydrogen-bond acceptors (Lipinski definition) is 8. The zero-order valence-corrected chi connectivity index (χ0v) is 22.6. The number of aliphatic hydroxyl groups is 3. The zero-order chi connectivity index (χ0) is 28.7. The number of carbonyl (C=O) groups excluding carboxylic acids is 3. The molecule has 9 heteroatoms. The monoisotopic (exact) mass is 549 g/mol. The molecule has 2 aromatic carbocycles. The van der Waals surface area contributed by atoms with Crippen molar-refractivity contribution in [2.75, 3.05) is 13.2 Å². The molecule has 4 N–H and O–H groups in total. The van der Waals surface area contributed by atoms with Crippen molar-refractivity contribution in [3.63, 3.8) is 0 Å². The first-order chi connectivity index (χ1) is 19.0. The van der Waals surface area contributed by atoms with E-state index in [-0.39, 0.29) is 31.1 Å². The van der Waals surface area contributed by atoms with Crippen LogP contribution in [0.2, 0.25) is 0 Å². The maximum absolute atomic E-state index is 13.6. The van der Waals surface area contributed by atoms with Gasteiger partial charge in [-0.1, -0.05) is 55.5 Å². The van der Waals surface area contributed by atoms with E-state index >= 15 is 0 Å². The van der Waals surface area contributed by atoms with Crippen LogP contribution in [0.5, 0.6) is 0 Å². The number of nitrogens with one attached hydrogen (secondary N) is 1. The van der Waals surface area contributed by atoms with Crippen LogP contribution < -0.4 is 5.32 Å². The van der Waals surface area contributed by atoms with E-state index in [9.17, 15) is 29.7 Å². The molecule has 0 radical (unpaired) electrons. The second kappa shape index (κ2) is 10.8.